The molecule has 1 amide bonds. The number of carbonyl (C=O) groups excluding carboxylic acids is 2. The Morgan fingerprint density at radius 1 is 1.23 bits per heavy atom. The molecular weight excluding hydrogens is 402 g/mol. The maximum Gasteiger partial charge on any atom is 0.270 e. The Kier molecular flexibility index (Phi) is 4.02. The Bertz CT molecular complexity index is 1260. The van der Waals surface area contributed by atoms with Gasteiger partial charge in [0.1, 0.15) is 11.1 Å². The number of rotatable bonds is 2. The van der Waals surface area contributed by atoms with E-state index < -0.39 is 27.7 Å². The molecule has 5 rings (SSSR count). The number of anilines is 1. The van der Waals surface area contributed by atoms with Crippen LogP contribution in [0.4, 0.5) is 5.69 Å². The van der Waals surface area contributed by atoms with Gasteiger partial charge >= 0.3 is 0 Å². The van der Waals surface area contributed by atoms with Gasteiger partial charge in [-0.05, 0) is 23.6 Å². The van der Waals surface area contributed by atoms with E-state index in [2.05, 4.69) is 9.97 Å². The van der Waals surface area contributed by atoms with E-state index in [1.165, 1.54) is 6.26 Å². The molecule has 2 unspecified atom stereocenters. The number of Topliss-reactive ketones (excluding diaryl/α,β-unsaturated/α-hetero) is 1. The molecule has 1 aromatic heterocycles. The first-order valence-electron chi connectivity index (χ1n) is 9.86. The molecule has 30 heavy (non-hydrogen) atoms. The summed E-state index contributed by atoms with van der Waals surface area (Å²) >= 11 is 0. The third-order valence-electron chi connectivity index (χ3n) is 6.66. The molecule has 2 heterocycles. The van der Waals surface area contributed by atoms with Gasteiger partial charge in [-0.2, -0.15) is 0 Å². The van der Waals surface area contributed by atoms with Crippen LogP contribution in [0, 0.1) is 0 Å². The predicted octanol–water partition coefficient (Wildman–Crippen LogP) is 1.80. The van der Waals surface area contributed by atoms with E-state index in [0.29, 0.717) is 29.8 Å². The highest BCUT2D eigenvalue weighted by Crippen LogP contribution is 2.60. The molecule has 0 radical (unpaired) electrons. The smallest absolute Gasteiger partial charge is 0.270 e. The van der Waals surface area contributed by atoms with Crippen molar-refractivity contribution in [1.82, 2.24) is 9.97 Å². The second-order valence-electron chi connectivity index (χ2n) is 8.18. The van der Waals surface area contributed by atoms with Crippen LogP contribution in [0.15, 0.2) is 34.6 Å². The molecule has 1 aromatic carbocycles. The maximum atomic E-state index is 13.7. The summed E-state index contributed by atoms with van der Waals surface area (Å²) in [4.78, 5) is 48.4. The minimum atomic E-state index is -1.24. The molecule has 1 spiro atoms. The van der Waals surface area contributed by atoms with Crippen LogP contribution in [0.2, 0.25) is 0 Å². The minimum Gasteiger partial charge on any atom is -0.322 e. The van der Waals surface area contributed by atoms with Gasteiger partial charge in [0.05, 0.1) is 11.4 Å². The van der Waals surface area contributed by atoms with Crippen molar-refractivity contribution in [2.45, 2.75) is 36.9 Å². The number of aromatic nitrogens is 2. The number of H-pyrrole nitrogens is 1. The Hall–Kier alpha value is -2.87. The molecule has 154 valence electrons. The molecule has 8 heteroatoms. The lowest BCUT2D eigenvalue weighted by Crippen LogP contribution is -2.47. The fraction of sp³-hybridized carbons (Fsp3) is 0.364. The lowest BCUT2D eigenvalue weighted by molar-refractivity contribution is -0.122. The summed E-state index contributed by atoms with van der Waals surface area (Å²) < 4.78 is 11.7. The molecule has 3 aliphatic rings. The van der Waals surface area contributed by atoms with Crippen molar-refractivity contribution in [3.63, 3.8) is 0 Å². The summed E-state index contributed by atoms with van der Waals surface area (Å²) in [5, 5.41) is 0. The highest BCUT2D eigenvalue weighted by Gasteiger charge is 2.60. The van der Waals surface area contributed by atoms with Crippen LogP contribution in [0.25, 0.3) is 5.57 Å². The normalized spacial score (nSPS) is 25.6. The van der Waals surface area contributed by atoms with Gasteiger partial charge in [0.15, 0.2) is 5.78 Å². The zero-order valence-corrected chi connectivity index (χ0v) is 17.8. The highest BCUT2D eigenvalue weighted by atomic mass is 32.2. The zero-order chi connectivity index (χ0) is 21.4. The summed E-state index contributed by atoms with van der Waals surface area (Å²) in [6.07, 6.45) is 2.31. The fourth-order valence-electron chi connectivity index (χ4n) is 5.40. The zero-order valence-electron chi connectivity index (χ0n) is 16.9. The van der Waals surface area contributed by atoms with Gasteiger partial charge in [0, 0.05) is 53.4 Å². The summed E-state index contributed by atoms with van der Waals surface area (Å²) in [6.45, 7) is 1.91. The molecule has 2 aliphatic carbocycles. The van der Waals surface area contributed by atoms with E-state index in [9.17, 15) is 18.6 Å². The van der Waals surface area contributed by atoms with Gasteiger partial charge in [-0.3, -0.25) is 18.6 Å². The third-order valence-corrected chi connectivity index (χ3v) is 7.34. The van der Waals surface area contributed by atoms with E-state index in [1.54, 1.807) is 11.9 Å². The first-order valence-corrected chi connectivity index (χ1v) is 11.6. The molecule has 0 bridgehead atoms. The number of hydrogen-bond donors (Lipinski definition) is 1. The molecular formula is C22H21N3O4S. The number of nitrogens with zero attached hydrogens (tertiary/aromatic N) is 2. The van der Waals surface area contributed by atoms with Crippen molar-refractivity contribution in [3.05, 3.63) is 62.8 Å². The number of hydrogen-bond acceptors (Lipinski definition) is 5. The quantitative estimate of drug-likeness (QED) is 0.794. The van der Waals surface area contributed by atoms with Crippen molar-refractivity contribution in [2.24, 2.45) is 0 Å². The Morgan fingerprint density at radius 3 is 2.70 bits per heavy atom. The molecule has 0 saturated carbocycles. The number of benzene rings is 1. The number of amides is 1. The standard InChI is InChI=1S/C22H21N3O4S/c1-11-18-19(23-14(10-30(3)29)20(27)24-18)17-13(8-9-16(17)26)22(11)12-6-4-5-7-15(12)25(2)21(22)28/h4-7,11H,8-10H2,1-3H3,(H,24,27)/t11-,22?,30?/m1/s1. The SMILES string of the molecule is C[C@@H]1c2[nH]c(=O)c(CS(C)=O)nc2C2=C(CCC2=O)C12C(=O)N(C)c1ccccc12. The summed E-state index contributed by atoms with van der Waals surface area (Å²) in [5.74, 6) is -0.551. The fourth-order valence-corrected chi connectivity index (χ4v) is 5.98. The average Bonchev–Trinajstić information content (AvgIpc) is 3.19. The number of ketones is 1. The molecule has 1 aliphatic heterocycles. The largest absolute Gasteiger partial charge is 0.322 e. The molecule has 3 atom stereocenters. The Morgan fingerprint density at radius 2 is 1.97 bits per heavy atom. The Labute approximate surface area is 175 Å². The second kappa shape index (κ2) is 6.31. The van der Waals surface area contributed by atoms with Crippen LogP contribution in [-0.2, 0) is 31.6 Å². The summed E-state index contributed by atoms with van der Waals surface area (Å²) in [5.41, 5.74) is 2.54. The first kappa shape index (κ1) is 19.1. The third kappa shape index (κ3) is 2.22. The topological polar surface area (TPSA) is 100 Å². The van der Waals surface area contributed by atoms with Gasteiger partial charge < -0.3 is 9.88 Å². The molecule has 1 N–H and O–H groups in total. The van der Waals surface area contributed by atoms with E-state index in [4.69, 9.17) is 0 Å². The molecule has 0 fully saturated rings. The van der Waals surface area contributed by atoms with Crippen LogP contribution >= 0.6 is 0 Å². The molecule has 0 saturated heterocycles. The molecule has 7 nitrogen and oxygen atoms in total. The summed E-state index contributed by atoms with van der Waals surface area (Å²) in [7, 11) is 0.501. The van der Waals surface area contributed by atoms with Gasteiger partial charge in [0.25, 0.3) is 5.56 Å². The van der Waals surface area contributed by atoms with Crippen LogP contribution in [-0.4, -0.2) is 39.2 Å². The highest BCUT2D eigenvalue weighted by molar-refractivity contribution is 7.83. The average molecular weight is 423 g/mol. The van der Waals surface area contributed by atoms with Crippen molar-refractivity contribution in [1.29, 1.82) is 0 Å². The van der Waals surface area contributed by atoms with Gasteiger partial charge in [-0.15, -0.1) is 0 Å². The van der Waals surface area contributed by atoms with Gasteiger partial charge in [-0.25, -0.2) is 4.98 Å². The maximum absolute atomic E-state index is 13.7. The molecule has 2 aromatic rings. The lowest BCUT2D eigenvalue weighted by Gasteiger charge is -2.40. The number of likely N-dealkylation sites (N-methyl/N-ethyl adjacent to an activating group) is 1. The minimum absolute atomic E-state index is 0.0173. The number of para-hydroxylation sites is 1. The lowest BCUT2D eigenvalue weighted by atomic mass is 9.61. The monoisotopic (exact) mass is 423 g/mol. The second-order valence-corrected chi connectivity index (χ2v) is 9.62. The predicted molar refractivity (Wildman–Crippen MR) is 114 cm³/mol. The number of allylic oxidation sites excluding steroid dienone is 1. The number of aromatic amines is 1. The van der Waals surface area contributed by atoms with Crippen molar-refractivity contribution < 1.29 is 13.8 Å². The van der Waals surface area contributed by atoms with Crippen LogP contribution in [0.3, 0.4) is 0 Å². The van der Waals surface area contributed by atoms with Crippen LogP contribution in [0.1, 0.15) is 48.3 Å². The van der Waals surface area contributed by atoms with Crippen molar-refractivity contribution in [3.8, 4) is 0 Å². The summed E-state index contributed by atoms with van der Waals surface area (Å²) in [6, 6.07) is 7.62. The van der Waals surface area contributed by atoms with Crippen LogP contribution in [0.5, 0.6) is 0 Å². The van der Waals surface area contributed by atoms with E-state index in [-0.39, 0.29) is 23.1 Å². The van der Waals surface area contributed by atoms with Gasteiger partial charge in [0.2, 0.25) is 5.91 Å². The van der Waals surface area contributed by atoms with Gasteiger partial charge in [-0.1, -0.05) is 25.1 Å². The van der Waals surface area contributed by atoms with Crippen molar-refractivity contribution >= 4 is 33.8 Å². The first-order chi connectivity index (χ1) is 14.3. The van der Waals surface area contributed by atoms with E-state index >= 15 is 0 Å². The van der Waals surface area contributed by atoms with Crippen molar-refractivity contribution in [2.75, 3.05) is 18.2 Å². The van der Waals surface area contributed by atoms with Crippen LogP contribution < -0.4 is 10.5 Å². The van der Waals surface area contributed by atoms with E-state index in [0.717, 1.165) is 16.8 Å². The Balaban J connectivity index is 1.86. The number of fused-ring (bicyclic) bond motifs is 5. The number of carbonyl (C=O) groups is 2. The van der Waals surface area contributed by atoms with E-state index in [1.807, 2.05) is 31.2 Å². The number of nitrogens with one attached hydrogen (secondary N) is 1.